The van der Waals surface area contributed by atoms with Crippen molar-refractivity contribution in [2.75, 3.05) is 20.2 Å². The summed E-state index contributed by atoms with van der Waals surface area (Å²) >= 11 is 2.30. The van der Waals surface area contributed by atoms with Crippen molar-refractivity contribution in [1.29, 1.82) is 0 Å². The van der Waals surface area contributed by atoms with Gasteiger partial charge in [-0.15, -0.1) is 0 Å². The zero-order valence-electron chi connectivity index (χ0n) is 13.7. The van der Waals surface area contributed by atoms with Crippen LogP contribution in [0.25, 0.3) is 0 Å². The van der Waals surface area contributed by atoms with Crippen LogP contribution in [0.15, 0.2) is 48.5 Å². The summed E-state index contributed by atoms with van der Waals surface area (Å²) in [5.41, 5.74) is 2.28. The lowest BCUT2D eigenvalue weighted by atomic mass is 10.0. The highest BCUT2D eigenvalue weighted by Crippen LogP contribution is 2.31. The molecule has 2 aromatic carbocycles. The van der Waals surface area contributed by atoms with Crippen LogP contribution in [0.5, 0.6) is 5.75 Å². The summed E-state index contributed by atoms with van der Waals surface area (Å²) in [6, 6.07) is 16.3. The fourth-order valence-electron chi connectivity index (χ4n) is 2.98. The van der Waals surface area contributed by atoms with Crippen LogP contribution in [0.4, 0.5) is 0 Å². The van der Waals surface area contributed by atoms with Crippen LogP contribution < -0.4 is 10.1 Å². The SMILES string of the molecule is CN(CC(=O)NC1CCOc2ccccc21)Cc1cccc(I)c1. The number of benzene rings is 2. The average Bonchev–Trinajstić information content (AvgIpc) is 2.55. The van der Waals surface area contributed by atoms with E-state index >= 15 is 0 Å². The Hall–Kier alpha value is -1.60. The number of rotatable bonds is 5. The molecule has 0 saturated carbocycles. The molecular formula is C19H21IN2O2. The highest BCUT2D eigenvalue weighted by molar-refractivity contribution is 14.1. The number of ether oxygens (including phenoxy) is 1. The van der Waals surface area contributed by atoms with Gasteiger partial charge in [-0.05, 0) is 53.4 Å². The molecule has 0 radical (unpaired) electrons. The lowest BCUT2D eigenvalue weighted by Crippen LogP contribution is -2.38. The number of amides is 1. The van der Waals surface area contributed by atoms with Crippen molar-refractivity contribution in [1.82, 2.24) is 10.2 Å². The molecule has 1 aliphatic heterocycles. The van der Waals surface area contributed by atoms with Gasteiger partial charge in [0.05, 0.1) is 19.2 Å². The van der Waals surface area contributed by atoms with Crippen molar-refractivity contribution in [3.8, 4) is 5.75 Å². The molecule has 0 saturated heterocycles. The predicted molar refractivity (Wildman–Crippen MR) is 103 cm³/mol. The molecule has 2 aromatic rings. The molecular weight excluding hydrogens is 415 g/mol. The molecule has 0 bridgehead atoms. The van der Waals surface area contributed by atoms with Gasteiger partial charge in [-0.1, -0.05) is 30.3 Å². The monoisotopic (exact) mass is 436 g/mol. The number of para-hydroxylation sites is 1. The third-order valence-electron chi connectivity index (χ3n) is 4.05. The molecule has 3 rings (SSSR count). The molecule has 1 amide bonds. The third-order valence-corrected chi connectivity index (χ3v) is 4.72. The smallest absolute Gasteiger partial charge is 0.234 e. The highest BCUT2D eigenvalue weighted by atomic mass is 127. The summed E-state index contributed by atoms with van der Waals surface area (Å²) in [7, 11) is 1.97. The minimum Gasteiger partial charge on any atom is -0.493 e. The molecule has 1 atom stereocenters. The van der Waals surface area contributed by atoms with Crippen LogP contribution in [0, 0.1) is 3.57 Å². The van der Waals surface area contributed by atoms with Crippen molar-refractivity contribution in [3.05, 3.63) is 63.2 Å². The zero-order chi connectivity index (χ0) is 16.9. The van der Waals surface area contributed by atoms with Crippen molar-refractivity contribution in [2.45, 2.75) is 19.0 Å². The lowest BCUT2D eigenvalue weighted by molar-refractivity contribution is -0.123. The van der Waals surface area contributed by atoms with E-state index in [4.69, 9.17) is 4.74 Å². The van der Waals surface area contributed by atoms with Crippen LogP contribution in [0.2, 0.25) is 0 Å². The molecule has 1 unspecified atom stereocenters. The van der Waals surface area contributed by atoms with Gasteiger partial charge in [-0.3, -0.25) is 9.69 Å². The average molecular weight is 436 g/mol. The molecule has 5 heteroatoms. The van der Waals surface area contributed by atoms with Crippen LogP contribution in [-0.2, 0) is 11.3 Å². The second-order valence-electron chi connectivity index (χ2n) is 6.10. The van der Waals surface area contributed by atoms with E-state index < -0.39 is 0 Å². The maximum atomic E-state index is 12.4. The Labute approximate surface area is 156 Å². The molecule has 1 N–H and O–H groups in total. The van der Waals surface area contributed by atoms with Gasteiger partial charge < -0.3 is 10.1 Å². The van der Waals surface area contributed by atoms with Gasteiger partial charge in [0.25, 0.3) is 0 Å². The van der Waals surface area contributed by atoms with Crippen molar-refractivity contribution in [2.24, 2.45) is 0 Å². The first kappa shape index (κ1) is 17.2. The first-order chi connectivity index (χ1) is 11.6. The highest BCUT2D eigenvalue weighted by Gasteiger charge is 2.22. The number of hydrogen-bond acceptors (Lipinski definition) is 3. The Balaban J connectivity index is 1.56. The number of halogens is 1. The standard InChI is InChI=1S/C19H21IN2O2/c1-22(12-14-5-4-6-15(20)11-14)13-19(23)21-17-9-10-24-18-8-3-2-7-16(17)18/h2-8,11,17H,9-10,12-13H2,1H3,(H,21,23). The number of hydrogen-bond donors (Lipinski definition) is 1. The first-order valence-electron chi connectivity index (χ1n) is 8.06. The Bertz CT molecular complexity index is 720. The van der Waals surface area contributed by atoms with Crippen molar-refractivity contribution in [3.63, 3.8) is 0 Å². The normalized spacial score (nSPS) is 16.4. The van der Waals surface area contributed by atoms with Crippen LogP contribution in [-0.4, -0.2) is 31.0 Å². The molecule has 0 spiro atoms. The fraction of sp³-hybridized carbons (Fsp3) is 0.316. The number of carbonyl (C=O) groups excluding carboxylic acids is 1. The Morgan fingerprint density at radius 3 is 2.96 bits per heavy atom. The third kappa shape index (κ3) is 4.48. The van der Waals surface area contributed by atoms with E-state index in [1.54, 1.807) is 0 Å². The van der Waals surface area contributed by atoms with Gasteiger partial charge in [0.15, 0.2) is 0 Å². The zero-order valence-corrected chi connectivity index (χ0v) is 15.8. The minimum absolute atomic E-state index is 0.0357. The summed E-state index contributed by atoms with van der Waals surface area (Å²) in [6.07, 6.45) is 0.809. The van der Waals surface area contributed by atoms with Gasteiger partial charge >= 0.3 is 0 Å². The fourth-order valence-corrected chi connectivity index (χ4v) is 3.59. The van der Waals surface area contributed by atoms with E-state index in [-0.39, 0.29) is 11.9 Å². The molecule has 4 nitrogen and oxygen atoms in total. The van der Waals surface area contributed by atoms with Gasteiger partial charge in [-0.25, -0.2) is 0 Å². The first-order valence-corrected chi connectivity index (χ1v) is 9.14. The van der Waals surface area contributed by atoms with E-state index in [0.717, 1.165) is 24.3 Å². The maximum Gasteiger partial charge on any atom is 0.234 e. The van der Waals surface area contributed by atoms with Crippen molar-refractivity contribution < 1.29 is 9.53 Å². The summed E-state index contributed by atoms with van der Waals surface area (Å²) in [5.74, 6) is 0.922. The number of carbonyl (C=O) groups is 1. The quantitative estimate of drug-likeness (QED) is 0.732. The number of nitrogens with one attached hydrogen (secondary N) is 1. The largest absolute Gasteiger partial charge is 0.493 e. The van der Waals surface area contributed by atoms with E-state index in [1.165, 1.54) is 9.13 Å². The van der Waals surface area contributed by atoms with Crippen LogP contribution >= 0.6 is 22.6 Å². The number of likely N-dealkylation sites (N-methyl/N-ethyl adjacent to an activating group) is 1. The van der Waals surface area contributed by atoms with E-state index in [2.05, 4.69) is 46.1 Å². The second kappa shape index (κ2) is 7.98. The Morgan fingerprint density at radius 2 is 2.12 bits per heavy atom. The molecule has 0 aromatic heterocycles. The molecule has 0 fully saturated rings. The number of nitrogens with zero attached hydrogens (tertiary/aromatic N) is 1. The summed E-state index contributed by atoms with van der Waals surface area (Å²) in [4.78, 5) is 14.4. The van der Waals surface area contributed by atoms with Crippen LogP contribution in [0.1, 0.15) is 23.6 Å². The van der Waals surface area contributed by atoms with Gasteiger partial charge in [-0.2, -0.15) is 0 Å². The Kier molecular flexibility index (Phi) is 5.73. The molecule has 126 valence electrons. The predicted octanol–water partition coefficient (Wildman–Crippen LogP) is 3.36. The molecule has 0 aliphatic carbocycles. The summed E-state index contributed by atoms with van der Waals surface area (Å²) in [5, 5.41) is 3.14. The van der Waals surface area contributed by atoms with E-state index in [9.17, 15) is 4.79 Å². The van der Waals surface area contributed by atoms with Gasteiger partial charge in [0, 0.05) is 22.1 Å². The molecule has 1 heterocycles. The Morgan fingerprint density at radius 1 is 1.29 bits per heavy atom. The van der Waals surface area contributed by atoms with Crippen LogP contribution in [0.3, 0.4) is 0 Å². The maximum absolute atomic E-state index is 12.4. The van der Waals surface area contributed by atoms with Gasteiger partial charge in [0.1, 0.15) is 5.75 Å². The van der Waals surface area contributed by atoms with Crippen molar-refractivity contribution >= 4 is 28.5 Å². The summed E-state index contributed by atoms with van der Waals surface area (Å²) in [6.45, 7) is 1.78. The van der Waals surface area contributed by atoms with E-state index in [1.807, 2.05) is 42.3 Å². The molecule has 24 heavy (non-hydrogen) atoms. The lowest BCUT2D eigenvalue weighted by Gasteiger charge is -2.27. The van der Waals surface area contributed by atoms with E-state index in [0.29, 0.717) is 13.2 Å². The number of fused-ring (bicyclic) bond motifs is 1. The summed E-state index contributed by atoms with van der Waals surface area (Å²) < 4.78 is 6.85. The minimum atomic E-state index is 0.0357. The van der Waals surface area contributed by atoms with Gasteiger partial charge in [0.2, 0.25) is 5.91 Å². The topological polar surface area (TPSA) is 41.6 Å². The second-order valence-corrected chi connectivity index (χ2v) is 7.34. The molecule has 1 aliphatic rings.